The van der Waals surface area contributed by atoms with E-state index in [1.54, 1.807) is 37.6 Å². The Morgan fingerprint density at radius 1 is 0.846 bits per heavy atom. The molecule has 4 rings (SSSR count). The molecular weight excluding hydrogens is 336 g/mol. The maximum absolute atomic E-state index is 13.4. The van der Waals surface area contributed by atoms with Crippen molar-refractivity contribution >= 4 is 16.7 Å². The summed E-state index contributed by atoms with van der Waals surface area (Å²) in [5.41, 5.74) is 2.45. The largest absolute Gasteiger partial charge is 0.373 e. The Hall–Kier alpha value is -3.48. The number of halogens is 2. The van der Waals surface area contributed by atoms with Gasteiger partial charge in [-0.25, -0.2) is 9.97 Å². The number of pyridine rings is 2. The van der Waals surface area contributed by atoms with Crippen molar-refractivity contribution in [1.82, 2.24) is 19.9 Å². The molecule has 0 saturated heterocycles. The van der Waals surface area contributed by atoms with E-state index >= 15 is 0 Å². The van der Waals surface area contributed by atoms with E-state index < -0.39 is 11.9 Å². The number of nitrogens with zero attached hydrogens (tertiary/aromatic N) is 4. The SMILES string of the molecule is CNc1nc(-c2cccnc2)nc2cc(-c3cc(F)nc(F)c3)ccc12. The average molecular weight is 349 g/mol. The van der Waals surface area contributed by atoms with Crippen LogP contribution in [0.1, 0.15) is 0 Å². The molecule has 0 unspecified atom stereocenters. The molecule has 4 aromatic rings. The van der Waals surface area contributed by atoms with Gasteiger partial charge in [-0.15, -0.1) is 0 Å². The third-order valence-corrected chi connectivity index (χ3v) is 3.95. The Morgan fingerprint density at radius 2 is 1.65 bits per heavy atom. The summed E-state index contributed by atoms with van der Waals surface area (Å²) >= 11 is 0. The highest BCUT2D eigenvalue weighted by Gasteiger charge is 2.11. The molecule has 128 valence electrons. The van der Waals surface area contributed by atoms with Gasteiger partial charge in [-0.3, -0.25) is 4.98 Å². The normalized spacial score (nSPS) is 10.9. The highest BCUT2D eigenvalue weighted by Crippen LogP contribution is 2.29. The molecular formula is C19H13F2N5. The minimum absolute atomic E-state index is 0.393. The van der Waals surface area contributed by atoms with Gasteiger partial charge in [0.25, 0.3) is 0 Å². The zero-order chi connectivity index (χ0) is 18.1. The number of benzene rings is 1. The van der Waals surface area contributed by atoms with Gasteiger partial charge in [-0.05, 0) is 35.4 Å². The third-order valence-electron chi connectivity index (χ3n) is 3.95. The summed E-state index contributed by atoms with van der Waals surface area (Å²) in [5.74, 6) is -0.559. The second-order valence-electron chi connectivity index (χ2n) is 5.62. The Labute approximate surface area is 147 Å². The summed E-state index contributed by atoms with van der Waals surface area (Å²) < 4.78 is 26.9. The van der Waals surface area contributed by atoms with Gasteiger partial charge in [0.15, 0.2) is 5.82 Å². The minimum atomic E-state index is -0.866. The van der Waals surface area contributed by atoms with Gasteiger partial charge in [0.2, 0.25) is 11.9 Å². The minimum Gasteiger partial charge on any atom is -0.373 e. The van der Waals surface area contributed by atoms with Gasteiger partial charge in [0, 0.05) is 42.5 Å². The molecule has 7 heteroatoms. The fourth-order valence-corrected chi connectivity index (χ4v) is 2.76. The van der Waals surface area contributed by atoms with Crippen LogP contribution in [-0.4, -0.2) is 27.0 Å². The molecule has 3 aromatic heterocycles. The lowest BCUT2D eigenvalue weighted by atomic mass is 10.0. The van der Waals surface area contributed by atoms with Crippen molar-refractivity contribution in [3.63, 3.8) is 0 Å². The molecule has 0 bridgehead atoms. The summed E-state index contributed by atoms with van der Waals surface area (Å²) in [6.07, 6.45) is 3.35. The van der Waals surface area contributed by atoms with Crippen molar-refractivity contribution in [3.05, 3.63) is 66.8 Å². The van der Waals surface area contributed by atoms with Crippen LogP contribution in [0.3, 0.4) is 0 Å². The van der Waals surface area contributed by atoms with Crippen molar-refractivity contribution in [1.29, 1.82) is 0 Å². The van der Waals surface area contributed by atoms with Gasteiger partial charge in [0.05, 0.1) is 5.52 Å². The van der Waals surface area contributed by atoms with Crippen LogP contribution in [0.25, 0.3) is 33.4 Å². The lowest BCUT2D eigenvalue weighted by Gasteiger charge is -2.10. The van der Waals surface area contributed by atoms with Gasteiger partial charge >= 0.3 is 0 Å². The Bertz CT molecular complexity index is 1080. The maximum Gasteiger partial charge on any atom is 0.216 e. The van der Waals surface area contributed by atoms with Crippen LogP contribution in [0.2, 0.25) is 0 Å². The molecule has 0 aliphatic carbocycles. The number of anilines is 1. The second kappa shape index (κ2) is 6.44. The van der Waals surface area contributed by atoms with Gasteiger partial charge in [0.1, 0.15) is 5.82 Å². The third kappa shape index (κ3) is 2.95. The number of hydrogen-bond donors (Lipinski definition) is 1. The van der Waals surface area contributed by atoms with E-state index in [0.717, 1.165) is 10.9 Å². The van der Waals surface area contributed by atoms with Crippen LogP contribution >= 0.6 is 0 Å². The molecule has 1 aromatic carbocycles. The van der Waals surface area contributed by atoms with E-state index in [1.165, 1.54) is 12.1 Å². The molecule has 0 aliphatic heterocycles. The quantitative estimate of drug-likeness (QED) is 0.565. The van der Waals surface area contributed by atoms with E-state index in [1.807, 2.05) is 12.1 Å². The van der Waals surface area contributed by atoms with Crippen LogP contribution in [0.4, 0.5) is 14.6 Å². The van der Waals surface area contributed by atoms with E-state index in [2.05, 4.69) is 25.3 Å². The smallest absolute Gasteiger partial charge is 0.216 e. The Balaban J connectivity index is 1.91. The zero-order valence-corrected chi connectivity index (χ0v) is 13.7. The topological polar surface area (TPSA) is 63.6 Å². The summed E-state index contributed by atoms with van der Waals surface area (Å²) in [6, 6.07) is 11.4. The molecule has 0 fully saturated rings. The molecule has 3 heterocycles. The first-order chi connectivity index (χ1) is 12.6. The van der Waals surface area contributed by atoms with E-state index in [4.69, 9.17) is 0 Å². The average Bonchev–Trinajstić information content (AvgIpc) is 2.66. The zero-order valence-electron chi connectivity index (χ0n) is 13.7. The number of fused-ring (bicyclic) bond motifs is 1. The highest BCUT2D eigenvalue weighted by atomic mass is 19.1. The molecule has 0 radical (unpaired) electrons. The molecule has 26 heavy (non-hydrogen) atoms. The summed E-state index contributed by atoms with van der Waals surface area (Å²) in [5, 5.41) is 3.86. The van der Waals surface area contributed by atoms with E-state index in [-0.39, 0.29) is 0 Å². The van der Waals surface area contributed by atoms with Gasteiger partial charge in [-0.2, -0.15) is 13.8 Å². The lowest BCUT2D eigenvalue weighted by molar-refractivity contribution is 0.513. The number of rotatable bonds is 3. The number of aromatic nitrogens is 4. The fourth-order valence-electron chi connectivity index (χ4n) is 2.76. The first-order valence-corrected chi connectivity index (χ1v) is 7.87. The van der Waals surface area contributed by atoms with E-state index in [9.17, 15) is 8.78 Å². The van der Waals surface area contributed by atoms with Crippen molar-refractivity contribution in [2.75, 3.05) is 12.4 Å². The second-order valence-corrected chi connectivity index (χ2v) is 5.62. The predicted octanol–water partition coefficient (Wildman–Crippen LogP) is 4.07. The molecule has 0 amide bonds. The molecule has 5 nitrogen and oxygen atoms in total. The number of hydrogen-bond acceptors (Lipinski definition) is 5. The highest BCUT2D eigenvalue weighted by molar-refractivity contribution is 5.93. The first-order valence-electron chi connectivity index (χ1n) is 7.87. The van der Waals surface area contributed by atoms with Crippen molar-refractivity contribution < 1.29 is 8.78 Å². The first kappa shape index (κ1) is 16.0. The summed E-state index contributed by atoms with van der Waals surface area (Å²) in [6.45, 7) is 0. The van der Waals surface area contributed by atoms with Crippen LogP contribution in [-0.2, 0) is 0 Å². The van der Waals surface area contributed by atoms with Crippen molar-refractivity contribution in [3.8, 4) is 22.5 Å². The Morgan fingerprint density at radius 3 is 2.35 bits per heavy atom. The number of nitrogens with one attached hydrogen (secondary N) is 1. The molecule has 0 spiro atoms. The fraction of sp³-hybridized carbons (Fsp3) is 0.0526. The Kier molecular flexibility index (Phi) is 3.96. The van der Waals surface area contributed by atoms with Gasteiger partial charge in [-0.1, -0.05) is 6.07 Å². The van der Waals surface area contributed by atoms with Gasteiger partial charge < -0.3 is 5.32 Å². The van der Waals surface area contributed by atoms with Crippen molar-refractivity contribution in [2.45, 2.75) is 0 Å². The lowest BCUT2D eigenvalue weighted by Crippen LogP contribution is -1.99. The molecule has 1 N–H and O–H groups in total. The predicted molar refractivity (Wildman–Crippen MR) is 95.5 cm³/mol. The van der Waals surface area contributed by atoms with Crippen LogP contribution in [0, 0.1) is 11.9 Å². The van der Waals surface area contributed by atoms with Crippen molar-refractivity contribution in [2.24, 2.45) is 0 Å². The molecule has 0 saturated carbocycles. The van der Waals surface area contributed by atoms with Crippen LogP contribution in [0.15, 0.2) is 54.9 Å². The molecule has 0 aliphatic rings. The van der Waals surface area contributed by atoms with Crippen LogP contribution in [0.5, 0.6) is 0 Å². The van der Waals surface area contributed by atoms with Crippen LogP contribution < -0.4 is 5.32 Å². The standard InChI is InChI=1S/C19H13F2N5/c1-22-19-14-5-4-11(13-8-16(20)25-17(21)9-13)7-15(14)24-18(26-19)12-3-2-6-23-10-12/h2-10H,1H3,(H,22,24,26). The molecule has 0 atom stereocenters. The monoisotopic (exact) mass is 349 g/mol. The summed E-state index contributed by atoms with van der Waals surface area (Å²) in [4.78, 5) is 16.3. The van der Waals surface area contributed by atoms with E-state index in [0.29, 0.717) is 28.3 Å². The maximum atomic E-state index is 13.4. The summed E-state index contributed by atoms with van der Waals surface area (Å²) in [7, 11) is 1.77.